The van der Waals surface area contributed by atoms with Gasteiger partial charge in [-0.3, -0.25) is 9.36 Å². The molecule has 0 N–H and O–H groups in total. The molecule has 0 unspecified atom stereocenters. The quantitative estimate of drug-likeness (QED) is 0.394. The Morgan fingerprint density at radius 3 is 2.40 bits per heavy atom. The lowest BCUT2D eigenvalue weighted by Crippen LogP contribution is -2.24. The van der Waals surface area contributed by atoms with Gasteiger partial charge in [-0.1, -0.05) is 57.2 Å². The molecular formula is C25H25FN2OS. The van der Waals surface area contributed by atoms with Gasteiger partial charge in [-0.05, 0) is 48.1 Å². The van der Waals surface area contributed by atoms with E-state index in [1.807, 2.05) is 19.9 Å². The molecule has 5 heteroatoms. The number of nitrogens with zero attached hydrogens (tertiary/aromatic N) is 2. The summed E-state index contributed by atoms with van der Waals surface area (Å²) in [5.74, 6) is 0.325. The number of benzene rings is 2. The summed E-state index contributed by atoms with van der Waals surface area (Å²) < 4.78 is 15.3. The maximum atomic E-state index is 13.6. The largest absolute Gasteiger partial charge is 0.292 e. The molecule has 3 nitrogen and oxygen atoms in total. The first-order chi connectivity index (χ1) is 14.1. The first-order valence-corrected chi connectivity index (χ1v) is 10.8. The third-order valence-corrected chi connectivity index (χ3v) is 6.45. The Balaban J connectivity index is 1.87. The number of aryl methyl sites for hydroxylation is 2. The minimum Gasteiger partial charge on any atom is -0.292 e. The van der Waals surface area contributed by atoms with E-state index >= 15 is 0 Å². The van der Waals surface area contributed by atoms with E-state index in [9.17, 15) is 9.18 Å². The monoisotopic (exact) mass is 420 g/mol. The van der Waals surface area contributed by atoms with Crippen LogP contribution in [0.3, 0.4) is 0 Å². The first-order valence-electron chi connectivity index (χ1n) is 10.0. The lowest BCUT2D eigenvalue weighted by molar-refractivity contribution is 0.590. The zero-order valence-corrected chi connectivity index (χ0v) is 18.7. The summed E-state index contributed by atoms with van der Waals surface area (Å²) in [6.45, 7) is 10.7. The van der Waals surface area contributed by atoms with E-state index in [4.69, 9.17) is 4.98 Å². The summed E-state index contributed by atoms with van der Waals surface area (Å²) in [4.78, 5) is 20.0. The summed E-state index contributed by atoms with van der Waals surface area (Å²) >= 11 is 1.54. The van der Waals surface area contributed by atoms with Crippen LogP contribution in [0.25, 0.3) is 21.3 Å². The molecule has 30 heavy (non-hydrogen) atoms. The van der Waals surface area contributed by atoms with E-state index in [0.29, 0.717) is 17.8 Å². The fourth-order valence-corrected chi connectivity index (χ4v) is 4.87. The highest BCUT2D eigenvalue weighted by Crippen LogP contribution is 2.36. The molecule has 0 radical (unpaired) electrons. The Morgan fingerprint density at radius 2 is 1.77 bits per heavy atom. The molecule has 154 valence electrons. The van der Waals surface area contributed by atoms with E-state index in [0.717, 1.165) is 26.4 Å². The van der Waals surface area contributed by atoms with Gasteiger partial charge in [0.25, 0.3) is 5.56 Å². The van der Waals surface area contributed by atoms with Crippen LogP contribution in [0.15, 0.2) is 53.3 Å². The molecule has 0 atom stereocenters. The Bertz CT molecular complexity index is 1290. The van der Waals surface area contributed by atoms with Crippen molar-refractivity contribution in [3.63, 3.8) is 0 Å². The number of fused-ring (bicyclic) bond motifs is 1. The van der Waals surface area contributed by atoms with Crippen LogP contribution in [0.5, 0.6) is 0 Å². The Hall–Kier alpha value is -2.79. The molecule has 2 aromatic carbocycles. The van der Waals surface area contributed by atoms with Gasteiger partial charge in [0.15, 0.2) is 0 Å². The van der Waals surface area contributed by atoms with Crippen LogP contribution in [0.1, 0.15) is 42.6 Å². The fourth-order valence-electron chi connectivity index (χ4n) is 3.79. The van der Waals surface area contributed by atoms with Crippen molar-refractivity contribution in [1.82, 2.24) is 9.55 Å². The number of thiophene rings is 1. The van der Waals surface area contributed by atoms with Gasteiger partial charge in [-0.25, -0.2) is 9.37 Å². The third-order valence-electron chi connectivity index (χ3n) is 5.45. The second kappa shape index (κ2) is 7.47. The van der Waals surface area contributed by atoms with Crippen molar-refractivity contribution in [3.8, 4) is 11.1 Å². The van der Waals surface area contributed by atoms with Crippen molar-refractivity contribution >= 4 is 21.6 Å². The standard InChI is InChI=1S/C25H25FN2OS/c1-15-21(18-9-11-19(12-10-18)25(3,4)5)22-23(30-15)27-16(2)28(24(22)29)14-17-7-6-8-20(26)13-17/h6-13H,14H2,1-5H3. The smallest absolute Gasteiger partial charge is 0.263 e. The molecule has 2 aromatic heterocycles. The second-order valence-corrected chi connectivity index (χ2v) is 9.92. The molecule has 0 saturated heterocycles. The summed E-state index contributed by atoms with van der Waals surface area (Å²) in [5, 5.41) is 0.642. The van der Waals surface area contributed by atoms with Gasteiger partial charge >= 0.3 is 0 Å². The number of aromatic nitrogens is 2. The van der Waals surface area contributed by atoms with E-state index in [2.05, 4.69) is 45.0 Å². The van der Waals surface area contributed by atoms with Crippen molar-refractivity contribution in [2.75, 3.05) is 0 Å². The zero-order valence-electron chi connectivity index (χ0n) is 17.9. The molecular weight excluding hydrogens is 395 g/mol. The molecule has 0 aliphatic rings. The number of rotatable bonds is 3. The molecule has 4 rings (SSSR count). The van der Waals surface area contributed by atoms with E-state index in [1.165, 1.54) is 17.7 Å². The highest BCUT2D eigenvalue weighted by molar-refractivity contribution is 7.19. The summed E-state index contributed by atoms with van der Waals surface area (Å²) in [6, 6.07) is 14.8. The molecule has 0 aliphatic heterocycles. The number of hydrogen-bond donors (Lipinski definition) is 0. The molecule has 2 heterocycles. The van der Waals surface area contributed by atoms with Gasteiger partial charge in [-0.15, -0.1) is 11.3 Å². The fraction of sp³-hybridized carbons (Fsp3) is 0.280. The van der Waals surface area contributed by atoms with Gasteiger partial charge < -0.3 is 0 Å². The normalized spacial score (nSPS) is 11.9. The van der Waals surface area contributed by atoms with Crippen molar-refractivity contribution in [1.29, 1.82) is 0 Å². The minimum atomic E-state index is -0.307. The van der Waals surface area contributed by atoms with Gasteiger partial charge in [0.05, 0.1) is 11.9 Å². The molecule has 0 fully saturated rings. The van der Waals surface area contributed by atoms with E-state index in [-0.39, 0.29) is 16.8 Å². The molecule has 4 aromatic rings. The van der Waals surface area contributed by atoms with Crippen LogP contribution in [0.4, 0.5) is 4.39 Å². The predicted octanol–water partition coefficient (Wildman–Crippen LogP) is 6.23. The lowest BCUT2D eigenvalue weighted by Gasteiger charge is -2.19. The number of halogens is 1. The molecule has 0 bridgehead atoms. The number of hydrogen-bond acceptors (Lipinski definition) is 3. The van der Waals surface area contributed by atoms with E-state index in [1.54, 1.807) is 22.0 Å². The molecule has 0 spiro atoms. The van der Waals surface area contributed by atoms with E-state index < -0.39 is 0 Å². The van der Waals surface area contributed by atoms with Crippen LogP contribution in [0, 0.1) is 19.7 Å². The topological polar surface area (TPSA) is 34.9 Å². The van der Waals surface area contributed by atoms with Crippen LogP contribution in [-0.2, 0) is 12.0 Å². The van der Waals surface area contributed by atoms with Crippen LogP contribution >= 0.6 is 11.3 Å². The first kappa shape index (κ1) is 20.5. The van der Waals surface area contributed by atoms with Crippen molar-refractivity contribution in [3.05, 3.63) is 86.5 Å². The zero-order chi connectivity index (χ0) is 21.6. The highest BCUT2D eigenvalue weighted by atomic mass is 32.1. The summed E-state index contributed by atoms with van der Waals surface area (Å²) in [7, 11) is 0. The summed E-state index contributed by atoms with van der Waals surface area (Å²) in [6.07, 6.45) is 0. The van der Waals surface area contributed by atoms with Crippen molar-refractivity contribution in [2.24, 2.45) is 0 Å². The maximum Gasteiger partial charge on any atom is 0.263 e. The van der Waals surface area contributed by atoms with Crippen molar-refractivity contribution in [2.45, 2.75) is 46.6 Å². The maximum absolute atomic E-state index is 13.6. The van der Waals surface area contributed by atoms with Gasteiger partial charge in [-0.2, -0.15) is 0 Å². The van der Waals surface area contributed by atoms with Gasteiger partial charge in [0.1, 0.15) is 16.5 Å². The van der Waals surface area contributed by atoms with Crippen LogP contribution in [-0.4, -0.2) is 9.55 Å². The predicted molar refractivity (Wildman–Crippen MR) is 123 cm³/mol. The highest BCUT2D eigenvalue weighted by Gasteiger charge is 2.20. The Morgan fingerprint density at radius 1 is 1.07 bits per heavy atom. The third kappa shape index (κ3) is 3.70. The molecule has 0 saturated carbocycles. The average Bonchev–Trinajstić information content (AvgIpc) is 3.00. The molecule has 0 amide bonds. The average molecular weight is 421 g/mol. The summed E-state index contributed by atoms with van der Waals surface area (Å²) in [5.41, 5.74) is 3.94. The van der Waals surface area contributed by atoms with Gasteiger partial charge in [0.2, 0.25) is 0 Å². The Kier molecular flexibility index (Phi) is 5.10. The SMILES string of the molecule is Cc1sc2nc(C)n(Cc3cccc(F)c3)c(=O)c2c1-c1ccc(C(C)(C)C)cc1. The van der Waals surface area contributed by atoms with Crippen LogP contribution < -0.4 is 5.56 Å². The second-order valence-electron chi connectivity index (χ2n) is 8.72. The minimum absolute atomic E-state index is 0.0701. The molecule has 0 aliphatic carbocycles. The Labute approximate surface area is 179 Å². The lowest BCUT2D eigenvalue weighted by atomic mass is 9.86. The van der Waals surface area contributed by atoms with Crippen LogP contribution in [0.2, 0.25) is 0 Å². The van der Waals surface area contributed by atoms with Crippen molar-refractivity contribution < 1.29 is 4.39 Å². The van der Waals surface area contributed by atoms with Gasteiger partial charge in [0, 0.05) is 10.4 Å².